The summed E-state index contributed by atoms with van der Waals surface area (Å²) in [4.78, 5) is 16.7. The standard InChI is InChI=1S/C6H11O3P/c1-2-3-4-5-6-10(7,8)9/h2,4-5H,1,3,6H2,(H2,7,8,9). The Balaban J connectivity index is 3.54. The molecule has 0 aromatic carbocycles. The van der Waals surface area contributed by atoms with Crippen LogP contribution in [-0.4, -0.2) is 15.9 Å². The lowest BCUT2D eigenvalue weighted by molar-refractivity contribution is 0.377. The van der Waals surface area contributed by atoms with Crippen LogP contribution < -0.4 is 0 Å². The average molecular weight is 162 g/mol. The Kier molecular flexibility index (Phi) is 4.28. The van der Waals surface area contributed by atoms with E-state index in [0.717, 1.165) is 0 Å². The molecule has 10 heavy (non-hydrogen) atoms. The fraction of sp³-hybridized carbons (Fsp3) is 0.333. The second kappa shape index (κ2) is 4.45. The molecule has 0 spiro atoms. The van der Waals surface area contributed by atoms with E-state index in [1.807, 2.05) is 0 Å². The van der Waals surface area contributed by atoms with Crippen molar-refractivity contribution >= 4 is 7.60 Å². The zero-order valence-corrected chi connectivity index (χ0v) is 6.50. The Morgan fingerprint density at radius 1 is 1.40 bits per heavy atom. The summed E-state index contributed by atoms with van der Waals surface area (Å²) in [5, 5.41) is 0. The molecule has 0 rings (SSSR count). The van der Waals surface area contributed by atoms with Crippen molar-refractivity contribution in [3.63, 3.8) is 0 Å². The van der Waals surface area contributed by atoms with E-state index in [1.54, 1.807) is 12.2 Å². The molecule has 0 radical (unpaired) electrons. The molecule has 0 heterocycles. The molecule has 2 N–H and O–H groups in total. The van der Waals surface area contributed by atoms with Crippen LogP contribution >= 0.6 is 7.60 Å². The van der Waals surface area contributed by atoms with Crippen LogP contribution in [0.1, 0.15) is 6.42 Å². The second-order valence-corrected chi connectivity index (χ2v) is 3.54. The molecule has 0 aromatic rings. The molecule has 0 aliphatic rings. The molecule has 0 atom stereocenters. The van der Waals surface area contributed by atoms with E-state index in [-0.39, 0.29) is 6.16 Å². The molecule has 0 aromatic heterocycles. The molecular weight excluding hydrogens is 151 g/mol. The Hall–Kier alpha value is -0.370. The van der Waals surface area contributed by atoms with Gasteiger partial charge in [-0.05, 0) is 6.42 Å². The smallest absolute Gasteiger partial charge is 0.324 e. The molecule has 58 valence electrons. The van der Waals surface area contributed by atoms with Gasteiger partial charge in [-0.1, -0.05) is 18.2 Å². The van der Waals surface area contributed by atoms with Crippen molar-refractivity contribution in [1.82, 2.24) is 0 Å². The lowest BCUT2D eigenvalue weighted by atomic mass is 10.4. The number of hydrogen-bond acceptors (Lipinski definition) is 1. The van der Waals surface area contributed by atoms with Gasteiger partial charge in [-0.2, -0.15) is 0 Å². The lowest BCUT2D eigenvalue weighted by Gasteiger charge is -1.95. The van der Waals surface area contributed by atoms with E-state index in [9.17, 15) is 4.57 Å². The number of rotatable bonds is 4. The molecule has 0 saturated carbocycles. The van der Waals surface area contributed by atoms with Crippen LogP contribution in [0.3, 0.4) is 0 Å². The van der Waals surface area contributed by atoms with Gasteiger partial charge >= 0.3 is 7.60 Å². The Morgan fingerprint density at radius 2 is 2.00 bits per heavy atom. The van der Waals surface area contributed by atoms with E-state index in [2.05, 4.69) is 6.58 Å². The molecule has 0 aliphatic heterocycles. The number of hydrogen-bond donors (Lipinski definition) is 2. The molecule has 3 nitrogen and oxygen atoms in total. The first-order chi connectivity index (χ1) is 4.56. The Bertz CT molecular complexity index is 168. The van der Waals surface area contributed by atoms with E-state index in [4.69, 9.17) is 9.79 Å². The summed E-state index contributed by atoms with van der Waals surface area (Å²) >= 11 is 0. The summed E-state index contributed by atoms with van der Waals surface area (Å²) in [6.45, 7) is 3.45. The normalized spacial score (nSPS) is 12.2. The van der Waals surface area contributed by atoms with Crippen molar-refractivity contribution in [2.75, 3.05) is 6.16 Å². The maximum atomic E-state index is 10.2. The van der Waals surface area contributed by atoms with Crippen molar-refractivity contribution in [1.29, 1.82) is 0 Å². The highest BCUT2D eigenvalue weighted by Crippen LogP contribution is 2.33. The number of allylic oxidation sites excluding steroid dienone is 3. The van der Waals surface area contributed by atoms with E-state index >= 15 is 0 Å². The van der Waals surface area contributed by atoms with Crippen LogP contribution in [0.15, 0.2) is 24.8 Å². The minimum atomic E-state index is -3.83. The first-order valence-electron chi connectivity index (χ1n) is 2.87. The Morgan fingerprint density at radius 3 is 2.40 bits per heavy atom. The van der Waals surface area contributed by atoms with Gasteiger partial charge in [-0.3, -0.25) is 4.57 Å². The van der Waals surface area contributed by atoms with Gasteiger partial charge < -0.3 is 9.79 Å². The molecule has 4 heteroatoms. The molecule has 0 unspecified atom stereocenters. The van der Waals surface area contributed by atoms with Gasteiger partial charge in [0.25, 0.3) is 0 Å². The minimum Gasteiger partial charge on any atom is -0.324 e. The summed E-state index contributed by atoms with van der Waals surface area (Å²) < 4.78 is 10.2. The predicted molar refractivity (Wildman–Crippen MR) is 40.9 cm³/mol. The van der Waals surface area contributed by atoms with Crippen LogP contribution in [0.25, 0.3) is 0 Å². The van der Waals surface area contributed by atoms with E-state index < -0.39 is 7.60 Å². The fourth-order valence-electron chi connectivity index (χ4n) is 0.404. The topological polar surface area (TPSA) is 57.5 Å². The lowest BCUT2D eigenvalue weighted by Crippen LogP contribution is -1.80. The first kappa shape index (κ1) is 9.63. The SMILES string of the molecule is C=CCC=CCP(=O)(O)O. The first-order valence-corrected chi connectivity index (χ1v) is 4.66. The van der Waals surface area contributed by atoms with Gasteiger partial charge in [0.1, 0.15) is 0 Å². The maximum absolute atomic E-state index is 10.2. The van der Waals surface area contributed by atoms with Crippen molar-refractivity contribution in [3.05, 3.63) is 24.8 Å². The van der Waals surface area contributed by atoms with Crippen LogP contribution in [0, 0.1) is 0 Å². The van der Waals surface area contributed by atoms with Gasteiger partial charge in [-0.15, -0.1) is 6.58 Å². The third-order valence-electron chi connectivity index (χ3n) is 0.813. The van der Waals surface area contributed by atoms with Gasteiger partial charge in [0.2, 0.25) is 0 Å². The zero-order chi connectivity index (χ0) is 8.04. The van der Waals surface area contributed by atoms with Crippen molar-refractivity contribution in [3.8, 4) is 0 Å². The van der Waals surface area contributed by atoms with Crippen LogP contribution in [0.2, 0.25) is 0 Å². The predicted octanol–water partition coefficient (Wildman–Crippen LogP) is 1.30. The highest BCUT2D eigenvalue weighted by molar-refractivity contribution is 7.51. The largest absolute Gasteiger partial charge is 0.329 e. The van der Waals surface area contributed by atoms with Gasteiger partial charge in [-0.25, -0.2) is 0 Å². The molecule has 0 fully saturated rings. The van der Waals surface area contributed by atoms with Crippen LogP contribution in [-0.2, 0) is 4.57 Å². The summed E-state index contributed by atoms with van der Waals surface area (Å²) in [6.07, 6.45) is 5.27. The van der Waals surface area contributed by atoms with E-state index in [0.29, 0.717) is 6.42 Å². The summed E-state index contributed by atoms with van der Waals surface area (Å²) in [7, 11) is -3.83. The zero-order valence-electron chi connectivity index (χ0n) is 5.60. The molecule has 0 amide bonds. The highest BCUT2D eigenvalue weighted by Gasteiger charge is 2.07. The van der Waals surface area contributed by atoms with E-state index in [1.165, 1.54) is 6.08 Å². The van der Waals surface area contributed by atoms with Crippen molar-refractivity contribution in [2.45, 2.75) is 6.42 Å². The van der Waals surface area contributed by atoms with Crippen LogP contribution in [0.4, 0.5) is 0 Å². The second-order valence-electron chi connectivity index (χ2n) is 1.84. The molecular formula is C6H11O3P. The van der Waals surface area contributed by atoms with Crippen molar-refractivity contribution < 1.29 is 14.4 Å². The monoisotopic (exact) mass is 162 g/mol. The third kappa shape index (κ3) is 7.63. The molecule has 0 aliphatic carbocycles. The summed E-state index contributed by atoms with van der Waals surface area (Å²) in [6, 6.07) is 0. The average Bonchev–Trinajstić information content (AvgIpc) is 1.78. The third-order valence-corrected chi connectivity index (χ3v) is 1.50. The minimum absolute atomic E-state index is 0.180. The van der Waals surface area contributed by atoms with Gasteiger partial charge in [0.05, 0.1) is 6.16 Å². The Labute approximate surface area is 60.2 Å². The maximum Gasteiger partial charge on any atom is 0.329 e. The fourth-order valence-corrected chi connectivity index (χ4v) is 0.828. The molecule has 0 saturated heterocycles. The van der Waals surface area contributed by atoms with Crippen LogP contribution in [0.5, 0.6) is 0 Å². The highest BCUT2D eigenvalue weighted by atomic mass is 31.2. The quantitative estimate of drug-likeness (QED) is 0.483. The molecule has 0 bridgehead atoms. The summed E-state index contributed by atoms with van der Waals surface area (Å²) in [5.41, 5.74) is 0. The van der Waals surface area contributed by atoms with Gasteiger partial charge in [0, 0.05) is 0 Å². The van der Waals surface area contributed by atoms with Gasteiger partial charge in [0.15, 0.2) is 0 Å². The van der Waals surface area contributed by atoms with Crippen molar-refractivity contribution in [2.24, 2.45) is 0 Å². The summed E-state index contributed by atoms with van der Waals surface area (Å²) in [5.74, 6) is 0.